The summed E-state index contributed by atoms with van der Waals surface area (Å²) in [5.41, 5.74) is 1.36. The van der Waals surface area contributed by atoms with E-state index in [2.05, 4.69) is 17.6 Å². The molecule has 0 aliphatic heterocycles. The first-order valence-corrected chi connectivity index (χ1v) is 11.1. The van der Waals surface area contributed by atoms with Crippen LogP contribution in [0.5, 0.6) is 5.75 Å². The van der Waals surface area contributed by atoms with Crippen LogP contribution in [0.2, 0.25) is 0 Å². The van der Waals surface area contributed by atoms with E-state index in [9.17, 15) is 9.59 Å². The van der Waals surface area contributed by atoms with Crippen LogP contribution in [-0.2, 0) is 4.79 Å². The first kappa shape index (κ1) is 22.5. The smallest absolute Gasteiger partial charge is 0.291 e. The third-order valence-electron chi connectivity index (χ3n) is 4.41. The predicted octanol–water partition coefficient (Wildman–Crippen LogP) is 5.83. The van der Waals surface area contributed by atoms with Gasteiger partial charge in [-0.2, -0.15) is 0 Å². The van der Waals surface area contributed by atoms with Gasteiger partial charge >= 0.3 is 0 Å². The van der Waals surface area contributed by atoms with Crippen LogP contribution in [0, 0.1) is 0 Å². The van der Waals surface area contributed by atoms with E-state index in [0.717, 1.165) is 29.2 Å². The molecule has 6 nitrogen and oxygen atoms in total. The first-order valence-electron chi connectivity index (χ1n) is 10.2. The zero-order chi connectivity index (χ0) is 22.1. The van der Waals surface area contributed by atoms with Crippen molar-refractivity contribution in [1.82, 2.24) is 0 Å². The molecule has 2 aromatic carbocycles. The lowest BCUT2D eigenvalue weighted by Crippen LogP contribution is -2.22. The Hall–Kier alpha value is -3.19. The van der Waals surface area contributed by atoms with Gasteiger partial charge in [-0.15, -0.1) is 11.8 Å². The summed E-state index contributed by atoms with van der Waals surface area (Å²) < 4.78 is 10.7. The Labute approximate surface area is 186 Å². The molecule has 162 valence electrons. The third kappa shape index (κ3) is 6.93. The van der Waals surface area contributed by atoms with E-state index >= 15 is 0 Å². The maximum absolute atomic E-state index is 12.6. The highest BCUT2D eigenvalue weighted by Gasteiger charge is 2.15. The highest BCUT2D eigenvalue weighted by atomic mass is 32.2. The van der Waals surface area contributed by atoms with Crippen molar-refractivity contribution >= 4 is 35.0 Å². The third-order valence-corrected chi connectivity index (χ3v) is 5.50. The SMILES string of the molecule is CCCCOc1ccc(NC(=O)C(C)Sc2cccc(NC(=O)c3ccco3)c2)cc1. The quantitative estimate of drug-likeness (QED) is 0.307. The number of thioether (sulfide) groups is 1. The molecule has 1 atom stereocenters. The van der Waals surface area contributed by atoms with E-state index in [1.807, 2.05) is 49.4 Å². The molecule has 0 fully saturated rings. The zero-order valence-electron chi connectivity index (χ0n) is 17.6. The second kappa shape index (κ2) is 11.3. The Bertz CT molecular complexity index is 987. The van der Waals surface area contributed by atoms with Crippen molar-refractivity contribution in [3.05, 3.63) is 72.7 Å². The van der Waals surface area contributed by atoms with Crippen LogP contribution in [0.15, 0.2) is 76.2 Å². The fourth-order valence-electron chi connectivity index (χ4n) is 2.72. The molecule has 1 heterocycles. The number of anilines is 2. The Kier molecular flexibility index (Phi) is 8.18. The number of furan rings is 1. The van der Waals surface area contributed by atoms with Gasteiger partial charge in [-0.1, -0.05) is 19.4 Å². The van der Waals surface area contributed by atoms with Crippen LogP contribution in [0.25, 0.3) is 0 Å². The van der Waals surface area contributed by atoms with Gasteiger partial charge in [0.25, 0.3) is 5.91 Å². The van der Waals surface area contributed by atoms with Gasteiger partial charge < -0.3 is 19.8 Å². The topological polar surface area (TPSA) is 80.6 Å². The molecule has 7 heteroatoms. The number of unbranched alkanes of at least 4 members (excludes halogenated alkanes) is 1. The Balaban J connectivity index is 1.53. The van der Waals surface area contributed by atoms with Gasteiger partial charge in [0.1, 0.15) is 5.75 Å². The lowest BCUT2D eigenvalue weighted by Gasteiger charge is -2.13. The second-order valence-electron chi connectivity index (χ2n) is 6.93. The van der Waals surface area contributed by atoms with Crippen LogP contribution in [0.4, 0.5) is 11.4 Å². The van der Waals surface area contributed by atoms with Crippen molar-refractivity contribution in [2.24, 2.45) is 0 Å². The van der Waals surface area contributed by atoms with E-state index in [1.165, 1.54) is 18.0 Å². The van der Waals surface area contributed by atoms with Crippen molar-refractivity contribution in [2.75, 3.05) is 17.2 Å². The molecule has 0 radical (unpaired) electrons. The van der Waals surface area contributed by atoms with E-state index in [-0.39, 0.29) is 22.8 Å². The van der Waals surface area contributed by atoms with Gasteiger partial charge in [0.2, 0.25) is 5.91 Å². The highest BCUT2D eigenvalue weighted by molar-refractivity contribution is 8.00. The van der Waals surface area contributed by atoms with E-state index in [0.29, 0.717) is 12.3 Å². The molecule has 0 spiro atoms. The molecule has 0 aliphatic rings. The fourth-order valence-corrected chi connectivity index (χ4v) is 3.64. The van der Waals surface area contributed by atoms with Crippen molar-refractivity contribution in [3.63, 3.8) is 0 Å². The number of carbonyl (C=O) groups is 2. The molecule has 0 saturated carbocycles. The molecule has 3 rings (SSSR count). The minimum Gasteiger partial charge on any atom is -0.494 e. The summed E-state index contributed by atoms with van der Waals surface area (Å²) in [4.78, 5) is 25.6. The first-order chi connectivity index (χ1) is 15.0. The van der Waals surface area contributed by atoms with Gasteiger partial charge in [0, 0.05) is 16.3 Å². The van der Waals surface area contributed by atoms with E-state index in [1.54, 1.807) is 18.2 Å². The number of benzene rings is 2. The molecule has 2 amide bonds. The molecule has 3 aromatic rings. The number of carbonyl (C=O) groups excluding carboxylic acids is 2. The number of rotatable bonds is 10. The van der Waals surface area contributed by atoms with Crippen molar-refractivity contribution < 1.29 is 18.7 Å². The van der Waals surface area contributed by atoms with Crippen LogP contribution < -0.4 is 15.4 Å². The summed E-state index contributed by atoms with van der Waals surface area (Å²) >= 11 is 1.41. The monoisotopic (exact) mass is 438 g/mol. The normalized spacial score (nSPS) is 11.5. The molecule has 0 bridgehead atoms. The van der Waals surface area contributed by atoms with Crippen LogP contribution in [0.1, 0.15) is 37.2 Å². The maximum atomic E-state index is 12.6. The lowest BCUT2D eigenvalue weighted by atomic mass is 10.3. The van der Waals surface area contributed by atoms with Gasteiger partial charge in [-0.05, 0) is 67.9 Å². The minimum atomic E-state index is -0.323. The average molecular weight is 439 g/mol. The Morgan fingerprint density at radius 1 is 1.03 bits per heavy atom. The molecule has 31 heavy (non-hydrogen) atoms. The van der Waals surface area contributed by atoms with Crippen molar-refractivity contribution in [2.45, 2.75) is 36.8 Å². The maximum Gasteiger partial charge on any atom is 0.291 e. The highest BCUT2D eigenvalue weighted by Crippen LogP contribution is 2.27. The molecule has 1 aromatic heterocycles. The predicted molar refractivity (Wildman–Crippen MR) is 124 cm³/mol. The molecule has 1 unspecified atom stereocenters. The summed E-state index contributed by atoms with van der Waals surface area (Å²) in [5, 5.41) is 5.39. The van der Waals surface area contributed by atoms with Crippen LogP contribution in [0.3, 0.4) is 0 Å². The minimum absolute atomic E-state index is 0.102. The molecular formula is C24H26N2O4S. The summed E-state index contributed by atoms with van der Waals surface area (Å²) in [5.74, 6) is 0.615. The van der Waals surface area contributed by atoms with Gasteiger partial charge in [0.05, 0.1) is 18.1 Å². The van der Waals surface area contributed by atoms with Crippen LogP contribution in [-0.4, -0.2) is 23.7 Å². The van der Waals surface area contributed by atoms with Gasteiger partial charge in [-0.3, -0.25) is 9.59 Å². The number of nitrogens with one attached hydrogen (secondary N) is 2. The summed E-state index contributed by atoms with van der Waals surface area (Å²) in [7, 11) is 0. The lowest BCUT2D eigenvalue weighted by molar-refractivity contribution is -0.115. The van der Waals surface area contributed by atoms with Gasteiger partial charge in [-0.25, -0.2) is 0 Å². The van der Waals surface area contributed by atoms with E-state index in [4.69, 9.17) is 9.15 Å². The molecule has 0 saturated heterocycles. The standard InChI is InChI=1S/C24H26N2O4S/c1-3-4-14-29-20-12-10-18(11-13-20)25-23(27)17(2)31-21-8-5-7-19(16-21)26-24(28)22-9-6-15-30-22/h5-13,15-17H,3-4,14H2,1-2H3,(H,25,27)(H,26,28). The van der Waals surface area contributed by atoms with Gasteiger partial charge in [0.15, 0.2) is 5.76 Å². The summed E-state index contributed by atoms with van der Waals surface area (Å²) in [6.07, 6.45) is 3.55. The second-order valence-corrected chi connectivity index (χ2v) is 8.35. The molecular weight excluding hydrogens is 412 g/mol. The number of hydrogen-bond acceptors (Lipinski definition) is 5. The van der Waals surface area contributed by atoms with Crippen molar-refractivity contribution in [3.8, 4) is 5.75 Å². The Morgan fingerprint density at radius 2 is 1.84 bits per heavy atom. The number of amides is 2. The Morgan fingerprint density at radius 3 is 2.55 bits per heavy atom. The summed E-state index contributed by atoms with van der Waals surface area (Å²) in [6.45, 7) is 4.65. The number of hydrogen-bond donors (Lipinski definition) is 2. The molecule has 0 aliphatic carbocycles. The van der Waals surface area contributed by atoms with Crippen molar-refractivity contribution in [1.29, 1.82) is 0 Å². The zero-order valence-corrected chi connectivity index (χ0v) is 18.4. The van der Waals surface area contributed by atoms with Crippen LogP contribution >= 0.6 is 11.8 Å². The van der Waals surface area contributed by atoms with E-state index < -0.39 is 0 Å². The number of ether oxygens (including phenoxy) is 1. The fraction of sp³-hybridized carbons (Fsp3) is 0.250. The largest absolute Gasteiger partial charge is 0.494 e. The average Bonchev–Trinajstić information content (AvgIpc) is 3.30. The summed E-state index contributed by atoms with van der Waals surface area (Å²) in [6, 6.07) is 18.0. The molecule has 2 N–H and O–H groups in total.